The van der Waals surface area contributed by atoms with Crippen LogP contribution in [0.3, 0.4) is 0 Å². The van der Waals surface area contributed by atoms with E-state index in [9.17, 15) is 24.2 Å². The van der Waals surface area contributed by atoms with Crippen LogP contribution in [0.5, 0.6) is 5.75 Å². The summed E-state index contributed by atoms with van der Waals surface area (Å²) in [4.78, 5) is 23.1. The van der Waals surface area contributed by atoms with Crippen molar-refractivity contribution < 1.29 is 24.2 Å². The average Bonchev–Trinajstić information content (AvgIpc) is 2.55. The van der Waals surface area contributed by atoms with Gasteiger partial charge in [0.15, 0.2) is 0 Å². The van der Waals surface area contributed by atoms with E-state index < -0.39 is 23.7 Å². The minimum atomic E-state index is -1.18. The van der Waals surface area contributed by atoms with Crippen molar-refractivity contribution in [1.82, 2.24) is 5.32 Å². The molecule has 124 valence electrons. The molecule has 0 aliphatic carbocycles. The highest BCUT2D eigenvalue weighted by Crippen LogP contribution is 2.12. The second-order valence-corrected chi connectivity index (χ2v) is 5.12. The zero-order valence-corrected chi connectivity index (χ0v) is 12.6. The Kier molecular flexibility index (Phi) is 5.68. The number of hydrogen-bond donors (Lipinski definition) is 3. The lowest BCUT2D eigenvalue weighted by Crippen LogP contribution is -2.41. The quantitative estimate of drug-likeness (QED) is 0.710. The molecule has 0 fully saturated rings. The Bertz CT molecular complexity index is 756. The number of carbonyl (C=O) groups excluding carboxylic acids is 1. The molecular formula is C18H16FNO4. The van der Waals surface area contributed by atoms with E-state index in [1.165, 1.54) is 36.4 Å². The number of rotatable bonds is 6. The van der Waals surface area contributed by atoms with Crippen molar-refractivity contribution in [2.75, 3.05) is 0 Å². The number of hydrogen-bond acceptors (Lipinski definition) is 3. The first kappa shape index (κ1) is 17.2. The molecule has 0 aliphatic heterocycles. The van der Waals surface area contributed by atoms with Crippen molar-refractivity contribution in [2.24, 2.45) is 0 Å². The van der Waals surface area contributed by atoms with Crippen LogP contribution in [0, 0.1) is 5.82 Å². The van der Waals surface area contributed by atoms with Crippen LogP contribution < -0.4 is 5.32 Å². The van der Waals surface area contributed by atoms with Crippen LogP contribution >= 0.6 is 0 Å². The lowest BCUT2D eigenvalue weighted by Gasteiger charge is -2.13. The Morgan fingerprint density at radius 2 is 1.79 bits per heavy atom. The molecule has 0 aliphatic rings. The summed E-state index contributed by atoms with van der Waals surface area (Å²) in [5.41, 5.74) is 0.886. The van der Waals surface area contributed by atoms with E-state index in [-0.39, 0.29) is 17.7 Å². The first-order chi connectivity index (χ1) is 11.5. The number of phenols is 1. The maximum absolute atomic E-state index is 13.5. The Hall–Kier alpha value is -3.15. The number of carboxylic acid groups (broad SMARTS) is 1. The van der Waals surface area contributed by atoms with Crippen LogP contribution in [-0.2, 0) is 16.0 Å². The van der Waals surface area contributed by atoms with Gasteiger partial charge in [-0.2, -0.15) is 0 Å². The van der Waals surface area contributed by atoms with Crippen molar-refractivity contribution in [3.63, 3.8) is 0 Å². The zero-order valence-electron chi connectivity index (χ0n) is 12.6. The Labute approximate surface area is 138 Å². The number of nitrogens with one attached hydrogen (secondary N) is 1. The molecule has 2 rings (SSSR count). The topological polar surface area (TPSA) is 86.6 Å². The van der Waals surface area contributed by atoms with Gasteiger partial charge in [0.2, 0.25) is 5.91 Å². The molecule has 1 amide bonds. The SMILES string of the molecule is O=C(C=Cc1ccccc1F)NC(Cc1ccc(O)cc1)C(=O)O. The highest BCUT2D eigenvalue weighted by Gasteiger charge is 2.19. The Balaban J connectivity index is 2.02. The summed E-state index contributed by atoms with van der Waals surface area (Å²) < 4.78 is 13.5. The second-order valence-electron chi connectivity index (χ2n) is 5.12. The highest BCUT2D eigenvalue weighted by molar-refractivity contribution is 5.94. The number of carbonyl (C=O) groups is 2. The summed E-state index contributed by atoms with van der Waals surface area (Å²) in [6.45, 7) is 0. The van der Waals surface area contributed by atoms with Gasteiger partial charge in [0.05, 0.1) is 0 Å². The van der Waals surface area contributed by atoms with E-state index in [0.29, 0.717) is 5.56 Å². The maximum Gasteiger partial charge on any atom is 0.326 e. The molecule has 0 saturated carbocycles. The van der Waals surface area contributed by atoms with Crippen LogP contribution in [0.2, 0.25) is 0 Å². The number of phenolic OH excluding ortho intramolecular Hbond substituents is 1. The van der Waals surface area contributed by atoms with E-state index in [4.69, 9.17) is 0 Å². The Morgan fingerprint density at radius 3 is 2.42 bits per heavy atom. The summed E-state index contributed by atoms with van der Waals surface area (Å²) in [5, 5.41) is 20.8. The van der Waals surface area contributed by atoms with Crippen molar-refractivity contribution in [3.8, 4) is 5.75 Å². The second kappa shape index (κ2) is 7.92. The molecular weight excluding hydrogens is 313 g/mol. The van der Waals surface area contributed by atoms with Gasteiger partial charge in [-0.05, 0) is 29.8 Å². The van der Waals surface area contributed by atoms with E-state index in [1.807, 2.05) is 0 Å². The van der Waals surface area contributed by atoms with Crippen molar-refractivity contribution in [1.29, 1.82) is 0 Å². The average molecular weight is 329 g/mol. The fraction of sp³-hybridized carbons (Fsp3) is 0.111. The summed E-state index contributed by atoms with van der Waals surface area (Å²) in [7, 11) is 0. The molecule has 2 aromatic carbocycles. The largest absolute Gasteiger partial charge is 0.508 e. The van der Waals surface area contributed by atoms with Crippen molar-refractivity contribution in [3.05, 3.63) is 71.6 Å². The van der Waals surface area contributed by atoms with Gasteiger partial charge >= 0.3 is 5.97 Å². The molecule has 1 atom stereocenters. The normalized spacial score (nSPS) is 12.0. The van der Waals surface area contributed by atoms with Crippen LogP contribution in [0.25, 0.3) is 6.08 Å². The molecule has 6 heteroatoms. The summed E-state index contributed by atoms with van der Waals surface area (Å²) in [6.07, 6.45) is 2.43. The van der Waals surface area contributed by atoms with Crippen LogP contribution in [-0.4, -0.2) is 28.1 Å². The lowest BCUT2D eigenvalue weighted by atomic mass is 10.1. The molecule has 0 aromatic heterocycles. The number of aromatic hydroxyl groups is 1. The molecule has 0 saturated heterocycles. The van der Waals surface area contributed by atoms with Gasteiger partial charge in [-0.25, -0.2) is 9.18 Å². The number of aliphatic carboxylic acids is 1. The molecule has 1 unspecified atom stereocenters. The van der Waals surface area contributed by atoms with Crippen LogP contribution in [0.1, 0.15) is 11.1 Å². The van der Waals surface area contributed by atoms with Gasteiger partial charge in [0, 0.05) is 18.1 Å². The summed E-state index contributed by atoms with van der Waals surface area (Å²) in [6, 6.07) is 10.8. The third-order valence-corrected chi connectivity index (χ3v) is 3.31. The first-order valence-electron chi connectivity index (χ1n) is 7.19. The third-order valence-electron chi connectivity index (χ3n) is 3.31. The molecule has 0 spiro atoms. The van der Waals surface area contributed by atoms with Gasteiger partial charge in [-0.3, -0.25) is 4.79 Å². The molecule has 5 nitrogen and oxygen atoms in total. The molecule has 2 aromatic rings. The summed E-state index contributed by atoms with van der Waals surface area (Å²) >= 11 is 0. The van der Waals surface area contributed by atoms with E-state index in [1.54, 1.807) is 18.2 Å². The van der Waals surface area contributed by atoms with Crippen LogP contribution in [0.4, 0.5) is 4.39 Å². The number of amides is 1. The monoisotopic (exact) mass is 329 g/mol. The molecule has 3 N–H and O–H groups in total. The van der Waals surface area contributed by atoms with Gasteiger partial charge < -0.3 is 15.5 Å². The number of carboxylic acids is 1. The minimum Gasteiger partial charge on any atom is -0.508 e. The standard InChI is InChI=1S/C18H16FNO4/c19-15-4-2-1-3-13(15)7-10-17(22)20-16(18(23)24)11-12-5-8-14(21)9-6-12/h1-10,16,21H,11H2,(H,20,22)(H,23,24). The zero-order chi connectivity index (χ0) is 17.5. The minimum absolute atomic E-state index is 0.0644. The van der Waals surface area contributed by atoms with E-state index >= 15 is 0 Å². The molecule has 24 heavy (non-hydrogen) atoms. The van der Waals surface area contributed by atoms with Crippen molar-refractivity contribution >= 4 is 18.0 Å². The fourth-order valence-electron chi connectivity index (χ4n) is 2.06. The van der Waals surface area contributed by atoms with E-state index in [0.717, 1.165) is 6.08 Å². The Morgan fingerprint density at radius 1 is 1.12 bits per heavy atom. The predicted molar refractivity (Wildman–Crippen MR) is 86.8 cm³/mol. The highest BCUT2D eigenvalue weighted by atomic mass is 19.1. The fourth-order valence-corrected chi connectivity index (χ4v) is 2.06. The molecule has 0 heterocycles. The smallest absolute Gasteiger partial charge is 0.326 e. The molecule has 0 bridgehead atoms. The van der Waals surface area contributed by atoms with Gasteiger partial charge in [0.1, 0.15) is 17.6 Å². The van der Waals surface area contributed by atoms with Gasteiger partial charge in [-0.1, -0.05) is 30.3 Å². The summed E-state index contributed by atoms with van der Waals surface area (Å²) in [5.74, 6) is -2.22. The van der Waals surface area contributed by atoms with Gasteiger partial charge in [-0.15, -0.1) is 0 Å². The predicted octanol–water partition coefficient (Wildman–Crippen LogP) is 2.36. The third kappa shape index (κ3) is 4.95. The molecule has 0 radical (unpaired) electrons. The number of halogens is 1. The number of benzene rings is 2. The van der Waals surface area contributed by atoms with Crippen LogP contribution in [0.15, 0.2) is 54.6 Å². The lowest BCUT2D eigenvalue weighted by molar-refractivity contribution is -0.141. The van der Waals surface area contributed by atoms with Crippen molar-refractivity contribution in [2.45, 2.75) is 12.5 Å². The first-order valence-corrected chi connectivity index (χ1v) is 7.19. The van der Waals surface area contributed by atoms with E-state index in [2.05, 4.69) is 5.32 Å². The van der Waals surface area contributed by atoms with Gasteiger partial charge in [0.25, 0.3) is 0 Å². The maximum atomic E-state index is 13.5.